The molecule has 0 aromatic heterocycles. The second kappa shape index (κ2) is 5.21. The zero-order valence-electron chi connectivity index (χ0n) is 11.5. The Morgan fingerprint density at radius 3 is 2.63 bits per heavy atom. The molecule has 1 aliphatic carbocycles. The summed E-state index contributed by atoms with van der Waals surface area (Å²) in [5, 5.41) is 9.48. The smallest absolute Gasteiger partial charge is 0.311 e. The molecule has 0 amide bonds. The van der Waals surface area contributed by atoms with E-state index in [0.29, 0.717) is 18.6 Å². The summed E-state index contributed by atoms with van der Waals surface area (Å²) in [6.45, 7) is 2.06. The van der Waals surface area contributed by atoms with Crippen LogP contribution in [0.25, 0.3) is 0 Å². The van der Waals surface area contributed by atoms with E-state index in [9.17, 15) is 9.90 Å². The molecule has 4 heteroatoms. The lowest BCUT2D eigenvalue weighted by Gasteiger charge is -2.42. The number of carboxylic acid groups (broad SMARTS) is 1. The van der Waals surface area contributed by atoms with E-state index in [-0.39, 0.29) is 0 Å². The van der Waals surface area contributed by atoms with Gasteiger partial charge in [-0.1, -0.05) is 25.5 Å². The van der Waals surface area contributed by atoms with Crippen LogP contribution in [0.4, 0.5) is 0 Å². The van der Waals surface area contributed by atoms with Gasteiger partial charge in [0.1, 0.15) is 5.75 Å². The summed E-state index contributed by atoms with van der Waals surface area (Å²) in [6, 6.07) is 5.33. The van der Waals surface area contributed by atoms with Crippen molar-refractivity contribution < 1.29 is 14.6 Å². The third-order valence-electron chi connectivity index (χ3n) is 4.30. The van der Waals surface area contributed by atoms with E-state index < -0.39 is 17.4 Å². The molecule has 3 N–H and O–H groups in total. The largest absolute Gasteiger partial charge is 0.496 e. The van der Waals surface area contributed by atoms with Crippen LogP contribution >= 0.6 is 0 Å². The van der Waals surface area contributed by atoms with E-state index >= 15 is 0 Å². The lowest BCUT2D eigenvalue weighted by Crippen LogP contribution is -2.46. The second-order valence-corrected chi connectivity index (χ2v) is 5.22. The predicted octanol–water partition coefficient (Wildman–Crippen LogP) is 2.51. The number of ether oxygens (including phenoxy) is 1. The number of aliphatic carboxylic acids is 1. The van der Waals surface area contributed by atoms with Crippen molar-refractivity contribution in [2.45, 2.75) is 38.6 Å². The highest BCUT2D eigenvalue weighted by atomic mass is 16.5. The Labute approximate surface area is 113 Å². The van der Waals surface area contributed by atoms with Gasteiger partial charge in [-0.3, -0.25) is 4.79 Å². The van der Waals surface area contributed by atoms with Crippen LogP contribution in [0.3, 0.4) is 0 Å². The summed E-state index contributed by atoms with van der Waals surface area (Å²) in [4.78, 5) is 11.6. The third-order valence-corrected chi connectivity index (χ3v) is 4.30. The van der Waals surface area contributed by atoms with E-state index in [1.807, 2.05) is 18.2 Å². The van der Waals surface area contributed by atoms with Gasteiger partial charge >= 0.3 is 5.97 Å². The Hall–Kier alpha value is -1.55. The first-order valence-corrected chi connectivity index (χ1v) is 6.71. The van der Waals surface area contributed by atoms with Crippen molar-refractivity contribution in [3.8, 4) is 5.75 Å². The fourth-order valence-corrected chi connectivity index (χ4v) is 2.76. The molecule has 0 saturated heterocycles. The molecule has 0 spiro atoms. The van der Waals surface area contributed by atoms with Crippen LogP contribution in [0.2, 0.25) is 0 Å². The maximum atomic E-state index is 11.6. The normalized spacial score (nSPS) is 18.5. The van der Waals surface area contributed by atoms with Crippen LogP contribution in [0.15, 0.2) is 18.2 Å². The van der Waals surface area contributed by atoms with Crippen LogP contribution < -0.4 is 10.5 Å². The standard InChI is InChI=1S/C15H21NO3/c1-3-10-5-6-12(19-2)11(9-10)13(16)15(14(17)18)7-4-8-15/h5-6,9,13H,3-4,7-8,16H2,1-2H3,(H,17,18). The number of nitrogens with two attached hydrogens (primary N) is 1. The van der Waals surface area contributed by atoms with E-state index in [1.54, 1.807) is 7.11 Å². The van der Waals surface area contributed by atoms with Crippen LogP contribution in [0, 0.1) is 5.41 Å². The van der Waals surface area contributed by atoms with Gasteiger partial charge in [0.2, 0.25) is 0 Å². The lowest BCUT2D eigenvalue weighted by atomic mass is 9.62. The minimum Gasteiger partial charge on any atom is -0.496 e. The summed E-state index contributed by atoms with van der Waals surface area (Å²) < 4.78 is 5.34. The van der Waals surface area contributed by atoms with Crippen LogP contribution in [-0.4, -0.2) is 18.2 Å². The summed E-state index contributed by atoms with van der Waals surface area (Å²) in [5.41, 5.74) is 7.41. The Bertz CT molecular complexity index is 480. The zero-order chi connectivity index (χ0) is 14.0. The van der Waals surface area contributed by atoms with Gasteiger partial charge in [-0.05, 0) is 30.9 Å². The maximum absolute atomic E-state index is 11.6. The molecule has 1 aromatic carbocycles. The average molecular weight is 263 g/mol. The molecule has 1 fully saturated rings. The molecular formula is C15H21NO3. The summed E-state index contributed by atoms with van der Waals surface area (Å²) in [5.74, 6) is -0.118. The molecule has 2 rings (SSSR count). The summed E-state index contributed by atoms with van der Waals surface area (Å²) >= 11 is 0. The molecule has 19 heavy (non-hydrogen) atoms. The van der Waals surface area contributed by atoms with E-state index in [0.717, 1.165) is 24.0 Å². The van der Waals surface area contributed by atoms with Crippen molar-refractivity contribution >= 4 is 5.97 Å². The molecule has 1 atom stereocenters. The minimum atomic E-state index is -0.820. The molecule has 0 bridgehead atoms. The topological polar surface area (TPSA) is 72.5 Å². The first-order chi connectivity index (χ1) is 9.05. The Balaban J connectivity index is 2.42. The molecule has 1 aliphatic rings. The highest BCUT2D eigenvalue weighted by molar-refractivity contribution is 5.77. The van der Waals surface area contributed by atoms with Crippen molar-refractivity contribution in [3.05, 3.63) is 29.3 Å². The highest BCUT2D eigenvalue weighted by Crippen LogP contribution is 2.50. The average Bonchev–Trinajstić information content (AvgIpc) is 2.36. The number of rotatable bonds is 5. The maximum Gasteiger partial charge on any atom is 0.311 e. The van der Waals surface area contributed by atoms with E-state index in [4.69, 9.17) is 10.5 Å². The minimum absolute atomic E-state index is 0.514. The number of hydrogen-bond acceptors (Lipinski definition) is 3. The molecule has 1 saturated carbocycles. The zero-order valence-corrected chi connectivity index (χ0v) is 11.5. The first kappa shape index (κ1) is 13.9. The Morgan fingerprint density at radius 1 is 1.53 bits per heavy atom. The van der Waals surface area contributed by atoms with Gasteiger partial charge < -0.3 is 15.6 Å². The SMILES string of the molecule is CCc1ccc(OC)c(C(N)C2(C(=O)O)CCC2)c1. The van der Waals surface area contributed by atoms with Crippen molar-refractivity contribution in [2.24, 2.45) is 11.1 Å². The fourth-order valence-electron chi connectivity index (χ4n) is 2.76. The first-order valence-electron chi connectivity index (χ1n) is 6.71. The Morgan fingerprint density at radius 2 is 2.21 bits per heavy atom. The number of aryl methyl sites for hydroxylation is 1. The van der Waals surface area contributed by atoms with Gasteiger partial charge in [-0.15, -0.1) is 0 Å². The molecule has 1 aromatic rings. The van der Waals surface area contributed by atoms with Gasteiger partial charge in [0.15, 0.2) is 0 Å². The van der Waals surface area contributed by atoms with Crippen molar-refractivity contribution in [3.63, 3.8) is 0 Å². The monoisotopic (exact) mass is 263 g/mol. The molecule has 4 nitrogen and oxygen atoms in total. The lowest BCUT2D eigenvalue weighted by molar-refractivity contribution is -0.156. The molecular weight excluding hydrogens is 242 g/mol. The molecule has 104 valence electrons. The third kappa shape index (κ3) is 2.21. The van der Waals surface area contributed by atoms with Gasteiger partial charge in [-0.25, -0.2) is 0 Å². The van der Waals surface area contributed by atoms with Gasteiger partial charge in [0.25, 0.3) is 0 Å². The second-order valence-electron chi connectivity index (χ2n) is 5.22. The molecule has 0 heterocycles. The van der Waals surface area contributed by atoms with Crippen LogP contribution in [0.5, 0.6) is 5.75 Å². The van der Waals surface area contributed by atoms with Crippen molar-refractivity contribution in [2.75, 3.05) is 7.11 Å². The van der Waals surface area contributed by atoms with Gasteiger partial charge in [0, 0.05) is 11.6 Å². The number of hydrogen-bond donors (Lipinski definition) is 2. The van der Waals surface area contributed by atoms with Gasteiger partial charge in [0.05, 0.1) is 12.5 Å². The van der Waals surface area contributed by atoms with Crippen molar-refractivity contribution in [1.82, 2.24) is 0 Å². The van der Waals surface area contributed by atoms with Crippen LogP contribution in [-0.2, 0) is 11.2 Å². The predicted molar refractivity (Wildman–Crippen MR) is 73.2 cm³/mol. The molecule has 0 radical (unpaired) electrons. The van der Waals surface area contributed by atoms with Crippen molar-refractivity contribution in [1.29, 1.82) is 0 Å². The van der Waals surface area contributed by atoms with E-state index in [1.165, 1.54) is 0 Å². The number of benzene rings is 1. The molecule has 0 aliphatic heterocycles. The van der Waals surface area contributed by atoms with E-state index in [2.05, 4.69) is 6.92 Å². The fraction of sp³-hybridized carbons (Fsp3) is 0.533. The summed E-state index contributed by atoms with van der Waals surface area (Å²) in [6.07, 6.45) is 3.10. The summed E-state index contributed by atoms with van der Waals surface area (Å²) in [7, 11) is 1.59. The van der Waals surface area contributed by atoms with Gasteiger partial charge in [-0.2, -0.15) is 0 Å². The van der Waals surface area contributed by atoms with Crippen LogP contribution in [0.1, 0.15) is 43.4 Å². The number of methoxy groups -OCH3 is 1. The Kier molecular flexibility index (Phi) is 3.80. The molecule has 1 unspecified atom stereocenters. The number of carboxylic acids is 1. The highest BCUT2D eigenvalue weighted by Gasteiger charge is 2.50. The quantitative estimate of drug-likeness (QED) is 0.856. The number of carbonyl (C=O) groups is 1.